The average molecular weight is 262 g/mol. The molecule has 0 bridgehead atoms. The molecular weight excluding hydrogens is 245 g/mol. The summed E-state index contributed by atoms with van der Waals surface area (Å²) in [5, 5.41) is 8.59. The topological polar surface area (TPSA) is 29.9 Å². The van der Waals surface area contributed by atoms with Crippen LogP contribution in [0.5, 0.6) is 0 Å². The number of aryl methyl sites for hydroxylation is 2. The van der Waals surface area contributed by atoms with E-state index >= 15 is 0 Å². The molecule has 1 heterocycles. The fourth-order valence-electron chi connectivity index (χ4n) is 1.83. The third-order valence-electron chi connectivity index (χ3n) is 3.04. The summed E-state index contributed by atoms with van der Waals surface area (Å²) in [4.78, 5) is 0. The van der Waals surface area contributed by atoms with E-state index < -0.39 is 0 Å². The van der Waals surface area contributed by atoms with Crippen molar-refractivity contribution in [2.75, 3.05) is 6.54 Å². The van der Waals surface area contributed by atoms with Crippen molar-refractivity contribution < 1.29 is 0 Å². The predicted molar refractivity (Wildman–Crippen MR) is 67.0 cm³/mol. The number of hydrogen-bond acceptors (Lipinski definition) is 2. The summed E-state index contributed by atoms with van der Waals surface area (Å²) in [6.45, 7) is 3.56. The van der Waals surface area contributed by atoms with Gasteiger partial charge in [0.15, 0.2) is 0 Å². The molecule has 0 aliphatic heterocycles. The van der Waals surface area contributed by atoms with Crippen LogP contribution in [0.15, 0.2) is 0 Å². The average Bonchev–Trinajstić information content (AvgIpc) is 3.02. The van der Waals surface area contributed by atoms with Gasteiger partial charge in [0.1, 0.15) is 5.15 Å². The van der Waals surface area contributed by atoms with E-state index in [2.05, 4.69) is 10.4 Å². The van der Waals surface area contributed by atoms with Crippen LogP contribution in [0, 0.1) is 12.8 Å². The van der Waals surface area contributed by atoms with E-state index in [-0.39, 0.29) is 5.38 Å². The van der Waals surface area contributed by atoms with Crippen molar-refractivity contribution in [1.82, 2.24) is 15.1 Å². The first-order valence-electron chi connectivity index (χ1n) is 5.62. The molecule has 16 heavy (non-hydrogen) atoms. The van der Waals surface area contributed by atoms with Crippen LogP contribution >= 0.6 is 23.2 Å². The number of aromatic nitrogens is 2. The van der Waals surface area contributed by atoms with Gasteiger partial charge in [-0.25, -0.2) is 0 Å². The van der Waals surface area contributed by atoms with E-state index in [9.17, 15) is 0 Å². The van der Waals surface area contributed by atoms with E-state index in [1.807, 2.05) is 14.0 Å². The molecule has 1 aliphatic rings. The zero-order valence-electron chi connectivity index (χ0n) is 9.63. The quantitative estimate of drug-likeness (QED) is 0.826. The van der Waals surface area contributed by atoms with Crippen molar-refractivity contribution in [2.45, 2.75) is 31.7 Å². The van der Waals surface area contributed by atoms with Crippen molar-refractivity contribution in [2.24, 2.45) is 13.0 Å². The van der Waals surface area contributed by atoms with Crippen molar-refractivity contribution in [1.29, 1.82) is 0 Å². The Morgan fingerprint density at radius 3 is 2.75 bits per heavy atom. The summed E-state index contributed by atoms with van der Waals surface area (Å²) < 4.78 is 1.70. The third-order valence-corrected chi connectivity index (χ3v) is 4.03. The largest absolute Gasteiger partial charge is 0.311 e. The summed E-state index contributed by atoms with van der Waals surface area (Å²) >= 11 is 12.3. The first kappa shape index (κ1) is 12.2. The number of rotatable bonds is 5. The van der Waals surface area contributed by atoms with Crippen LogP contribution in [0.1, 0.15) is 24.1 Å². The summed E-state index contributed by atoms with van der Waals surface area (Å²) in [5.74, 6) is 0.722. The summed E-state index contributed by atoms with van der Waals surface area (Å²) in [6, 6.07) is 0. The van der Waals surface area contributed by atoms with Crippen molar-refractivity contribution in [3.05, 3.63) is 16.4 Å². The fraction of sp³-hybridized carbons (Fsp3) is 0.727. The fourth-order valence-corrected chi connectivity index (χ4v) is 2.44. The smallest absolute Gasteiger partial charge is 0.131 e. The van der Waals surface area contributed by atoms with Gasteiger partial charge >= 0.3 is 0 Å². The molecule has 1 fully saturated rings. The van der Waals surface area contributed by atoms with Crippen LogP contribution in [0.25, 0.3) is 0 Å². The maximum Gasteiger partial charge on any atom is 0.131 e. The molecule has 1 saturated carbocycles. The Kier molecular flexibility index (Phi) is 3.77. The van der Waals surface area contributed by atoms with Crippen LogP contribution in [-0.2, 0) is 13.6 Å². The van der Waals surface area contributed by atoms with Crippen molar-refractivity contribution in [3.63, 3.8) is 0 Å². The molecule has 1 aliphatic carbocycles. The predicted octanol–water partition coefficient (Wildman–Crippen LogP) is 2.49. The molecule has 0 amide bonds. The lowest BCUT2D eigenvalue weighted by atomic mass is 10.2. The Morgan fingerprint density at radius 2 is 2.25 bits per heavy atom. The molecule has 5 heteroatoms. The van der Waals surface area contributed by atoms with E-state index in [4.69, 9.17) is 23.2 Å². The Hall–Kier alpha value is -0.250. The second-order valence-electron chi connectivity index (χ2n) is 4.46. The van der Waals surface area contributed by atoms with Gasteiger partial charge in [0, 0.05) is 31.1 Å². The molecule has 1 aromatic heterocycles. The maximum atomic E-state index is 6.21. The highest BCUT2D eigenvalue weighted by molar-refractivity contribution is 6.30. The number of halogens is 2. The van der Waals surface area contributed by atoms with E-state index in [0.717, 1.165) is 30.3 Å². The minimum atomic E-state index is 0.260. The first-order valence-corrected chi connectivity index (χ1v) is 6.43. The Labute approximate surface area is 106 Å². The van der Waals surface area contributed by atoms with E-state index in [1.165, 1.54) is 12.8 Å². The summed E-state index contributed by atoms with van der Waals surface area (Å²) in [6.07, 6.45) is 2.56. The Morgan fingerprint density at radius 1 is 1.56 bits per heavy atom. The number of alkyl halides is 1. The van der Waals surface area contributed by atoms with Gasteiger partial charge in [-0.3, -0.25) is 4.68 Å². The lowest BCUT2D eigenvalue weighted by molar-refractivity contribution is 0.619. The zero-order valence-corrected chi connectivity index (χ0v) is 11.1. The van der Waals surface area contributed by atoms with Crippen molar-refractivity contribution >= 4 is 23.2 Å². The third kappa shape index (κ3) is 2.70. The standard InChI is InChI=1S/C11H17Cl2N3/c1-7-9(11(13)16(2)15-7)5-14-6-10(12)8-3-4-8/h8,10,14H,3-6H2,1-2H3. The van der Waals surface area contributed by atoms with Gasteiger partial charge in [-0.1, -0.05) is 11.6 Å². The highest BCUT2D eigenvalue weighted by Gasteiger charge is 2.29. The monoisotopic (exact) mass is 261 g/mol. The minimum absolute atomic E-state index is 0.260. The molecular formula is C11H17Cl2N3. The second-order valence-corrected chi connectivity index (χ2v) is 5.38. The lowest BCUT2D eigenvalue weighted by Gasteiger charge is -2.09. The van der Waals surface area contributed by atoms with Crippen LogP contribution < -0.4 is 5.32 Å². The second kappa shape index (κ2) is 4.94. The van der Waals surface area contributed by atoms with E-state index in [1.54, 1.807) is 4.68 Å². The molecule has 0 radical (unpaired) electrons. The molecule has 0 spiro atoms. The summed E-state index contributed by atoms with van der Waals surface area (Å²) in [5.41, 5.74) is 2.06. The van der Waals surface area contributed by atoms with Gasteiger partial charge in [-0.05, 0) is 25.7 Å². The zero-order chi connectivity index (χ0) is 11.7. The van der Waals surface area contributed by atoms with Crippen LogP contribution in [0.2, 0.25) is 5.15 Å². The molecule has 3 nitrogen and oxygen atoms in total. The SMILES string of the molecule is Cc1nn(C)c(Cl)c1CNCC(Cl)C1CC1. The van der Waals surface area contributed by atoms with Gasteiger partial charge in [-0.15, -0.1) is 11.6 Å². The normalized spacial score (nSPS) is 17.8. The molecule has 0 saturated heterocycles. The van der Waals surface area contributed by atoms with Gasteiger partial charge in [-0.2, -0.15) is 5.10 Å². The molecule has 1 N–H and O–H groups in total. The molecule has 90 valence electrons. The lowest BCUT2D eigenvalue weighted by Crippen LogP contribution is -2.24. The number of hydrogen-bond donors (Lipinski definition) is 1. The summed E-state index contributed by atoms with van der Waals surface area (Å²) in [7, 11) is 1.85. The van der Waals surface area contributed by atoms with Gasteiger partial charge in [0.25, 0.3) is 0 Å². The Bertz CT molecular complexity index is 372. The van der Waals surface area contributed by atoms with Gasteiger partial charge in [0.2, 0.25) is 0 Å². The van der Waals surface area contributed by atoms with Crippen LogP contribution in [-0.4, -0.2) is 21.7 Å². The van der Waals surface area contributed by atoms with Crippen LogP contribution in [0.4, 0.5) is 0 Å². The highest BCUT2D eigenvalue weighted by Crippen LogP contribution is 2.35. The maximum absolute atomic E-state index is 6.21. The molecule has 1 aromatic rings. The van der Waals surface area contributed by atoms with E-state index in [0.29, 0.717) is 5.15 Å². The Balaban J connectivity index is 1.84. The molecule has 1 atom stereocenters. The molecule has 1 unspecified atom stereocenters. The molecule has 2 rings (SSSR count). The number of nitrogens with zero attached hydrogens (tertiary/aromatic N) is 2. The number of nitrogens with one attached hydrogen (secondary N) is 1. The van der Waals surface area contributed by atoms with Crippen LogP contribution in [0.3, 0.4) is 0 Å². The highest BCUT2D eigenvalue weighted by atomic mass is 35.5. The van der Waals surface area contributed by atoms with Crippen molar-refractivity contribution in [3.8, 4) is 0 Å². The minimum Gasteiger partial charge on any atom is -0.311 e. The van der Waals surface area contributed by atoms with Gasteiger partial charge in [0.05, 0.1) is 5.69 Å². The first-order chi connectivity index (χ1) is 7.59. The molecule has 0 aromatic carbocycles. The van der Waals surface area contributed by atoms with Gasteiger partial charge < -0.3 is 5.32 Å².